The van der Waals surface area contributed by atoms with E-state index in [2.05, 4.69) is 29.5 Å². The summed E-state index contributed by atoms with van der Waals surface area (Å²) in [6.45, 7) is 9.11. The molecular formula is C22H42IN5O3. The third kappa shape index (κ3) is 9.02. The van der Waals surface area contributed by atoms with Gasteiger partial charge in [-0.15, -0.1) is 24.0 Å². The van der Waals surface area contributed by atoms with Gasteiger partial charge < -0.3 is 25.2 Å². The van der Waals surface area contributed by atoms with Crippen LogP contribution < -0.4 is 10.6 Å². The van der Waals surface area contributed by atoms with Crippen LogP contribution in [-0.2, 0) is 9.53 Å². The average molecular weight is 552 g/mol. The number of nitrogens with one attached hydrogen (secondary N) is 2. The second kappa shape index (κ2) is 13.3. The molecule has 2 N–H and O–H groups in total. The second-order valence-corrected chi connectivity index (χ2v) is 9.38. The van der Waals surface area contributed by atoms with Crippen molar-refractivity contribution in [3.63, 3.8) is 0 Å². The summed E-state index contributed by atoms with van der Waals surface area (Å²) >= 11 is 0. The molecule has 180 valence electrons. The summed E-state index contributed by atoms with van der Waals surface area (Å²) in [6.07, 6.45) is 6.64. The predicted octanol–water partition coefficient (Wildman–Crippen LogP) is 3.07. The maximum absolute atomic E-state index is 12.0. The molecule has 2 aliphatic rings. The van der Waals surface area contributed by atoms with E-state index in [1.165, 1.54) is 25.7 Å². The Hall–Kier alpha value is -1.26. The van der Waals surface area contributed by atoms with Crippen LogP contribution in [0.5, 0.6) is 0 Å². The fraction of sp³-hybridized carbons (Fsp3) is 0.864. The number of halogens is 1. The number of amides is 2. The summed E-state index contributed by atoms with van der Waals surface area (Å²) in [5, 5.41) is 6.99. The molecule has 31 heavy (non-hydrogen) atoms. The average Bonchev–Trinajstić information content (AvgIpc) is 3.26. The van der Waals surface area contributed by atoms with E-state index >= 15 is 0 Å². The number of carbonyl (C=O) groups excluding carboxylic acids is 2. The van der Waals surface area contributed by atoms with Crippen molar-refractivity contribution >= 4 is 41.9 Å². The van der Waals surface area contributed by atoms with Crippen LogP contribution in [0.25, 0.3) is 0 Å². The number of likely N-dealkylation sites (tertiary alicyclic amines) is 1. The van der Waals surface area contributed by atoms with Gasteiger partial charge in [-0.1, -0.05) is 26.7 Å². The van der Waals surface area contributed by atoms with Gasteiger partial charge in [0, 0.05) is 39.8 Å². The topological polar surface area (TPSA) is 86.3 Å². The highest BCUT2D eigenvalue weighted by molar-refractivity contribution is 14.0. The van der Waals surface area contributed by atoms with Crippen molar-refractivity contribution in [2.75, 3.05) is 46.9 Å². The van der Waals surface area contributed by atoms with Crippen LogP contribution >= 0.6 is 24.0 Å². The van der Waals surface area contributed by atoms with Gasteiger partial charge in [-0.3, -0.25) is 4.79 Å². The maximum Gasteiger partial charge on any atom is 0.409 e. The van der Waals surface area contributed by atoms with Gasteiger partial charge >= 0.3 is 6.09 Å². The first-order chi connectivity index (χ1) is 14.2. The molecule has 0 aromatic carbocycles. The largest absolute Gasteiger partial charge is 0.450 e. The number of likely N-dealkylation sites (N-methyl/N-ethyl adjacent to an activating group) is 1. The smallest absolute Gasteiger partial charge is 0.409 e. The Bertz CT molecular complexity index is 598. The summed E-state index contributed by atoms with van der Waals surface area (Å²) in [4.78, 5) is 31.8. The van der Waals surface area contributed by atoms with E-state index in [0.29, 0.717) is 25.7 Å². The number of rotatable bonds is 7. The van der Waals surface area contributed by atoms with Crippen LogP contribution in [0.15, 0.2) is 4.99 Å². The predicted molar refractivity (Wildman–Crippen MR) is 135 cm³/mol. The lowest BCUT2D eigenvalue weighted by Gasteiger charge is -2.35. The monoisotopic (exact) mass is 551 g/mol. The van der Waals surface area contributed by atoms with E-state index < -0.39 is 0 Å². The SMILES string of the molecule is CCOC(=O)N1CCC(NC(=NCC(=O)N(C)C)NCC(C)(C)C2CCCC2)CC1.I. The van der Waals surface area contributed by atoms with Crippen molar-refractivity contribution in [1.29, 1.82) is 0 Å². The summed E-state index contributed by atoms with van der Waals surface area (Å²) in [6, 6.07) is 0.214. The first-order valence-corrected chi connectivity index (χ1v) is 11.4. The molecule has 0 unspecified atom stereocenters. The van der Waals surface area contributed by atoms with E-state index in [-0.39, 0.29) is 54.0 Å². The van der Waals surface area contributed by atoms with Gasteiger partial charge in [0.2, 0.25) is 5.91 Å². The number of nitrogens with zero attached hydrogens (tertiary/aromatic N) is 3. The zero-order chi connectivity index (χ0) is 22.1. The highest BCUT2D eigenvalue weighted by atomic mass is 127. The first-order valence-electron chi connectivity index (χ1n) is 11.4. The lowest BCUT2D eigenvalue weighted by molar-refractivity contribution is -0.127. The zero-order valence-corrected chi connectivity index (χ0v) is 22.2. The summed E-state index contributed by atoms with van der Waals surface area (Å²) < 4.78 is 5.10. The van der Waals surface area contributed by atoms with E-state index in [9.17, 15) is 9.59 Å². The number of hydrogen-bond acceptors (Lipinski definition) is 4. The van der Waals surface area contributed by atoms with Gasteiger partial charge in [-0.25, -0.2) is 9.79 Å². The molecular weight excluding hydrogens is 509 g/mol. The number of aliphatic imine (C=N–C) groups is 1. The minimum absolute atomic E-state index is 0. The molecule has 0 radical (unpaired) electrons. The highest BCUT2D eigenvalue weighted by Crippen LogP contribution is 2.38. The third-order valence-electron chi connectivity index (χ3n) is 6.40. The molecule has 0 aromatic heterocycles. The summed E-state index contributed by atoms with van der Waals surface area (Å²) in [5.41, 5.74) is 0.178. The van der Waals surface area contributed by atoms with Crippen LogP contribution in [-0.4, -0.2) is 80.7 Å². The molecule has 1 heterocycles. The van der Waals surface area contributed by atoms with Crippen LogP contribution in [0, 0.1) is 11.3 Å². The fourth-order valence-electron chi connectivity index (χ4n) is 4.22. The van der Waals surface area contributed by atoms with E-state index in [0.717, 1.165) is 25.3 Å². The second-order valence-electron chi connectivity index (χ2n) is 9.38. The summed E-state index contributed by atoms with van der Waals surface area (Å²) in [7, 11) is 3.49. The van der Waals surface area contributed by atoms with Crippen molar-refractivity contribution < 1.29 is 14.3 Å². The summed E-state index contributed by atoms with van der Waals surface area (Å²) in [5.74, 6) is 1.39. The van der Waals surface area contributed by atoms with E-state index in [4.69, 9.17) is 4.74 Å². The van der Waals surface area contributed by atoms with Crippen LogP contribution in [0.3, 0.4) is 0 Å². The molecule has 9 heteroatoms. The Morgan fingerprint density at radius 1 is 1.13 bits per heavy atom. The van der Waals surface area contributed by atoms with Crippen molar-refractivity contribution in [3.05, 3.63) is 0 Å². The molecule has 0 aromatic rings. The minimum atomic E-state index is -0.238. The molecule has 0 atom stereocenters. The molecule has 0 bridgehead atoms. The highest BCUT2D eigenvalue weighted by Gasteiger charge is 2.32. The lowest BCUT2D eigenvalue weighted by atomic mass is 9.78. The van der Waals surface area contributed by atoms with Gasteiger partial charge in [0.05, 0.1) is 6.61 Å². The Morgan fingerprint density at radius 3 is 2.29 bits per heavy atom. The lowest BCUT2D eigenvalue weighted by Crippen LogP contribution is -2.51. The van der Waals surface area contributed by atoms with Crippen LogP contribution in [0.4, 0.5) is 4.79 Å². The van der Waals surface area contributed by atoms with Gasteiger partial charge in [0.15, 0.2) is 5.96 Å². The molecule has 2 rings (SSSR count). The van der Waals surface area contributed by atoms with E-state index in [1.54, 1.807) is 23.9 Å². The Kier molecular flexibility index (Phi) is 11.9. The Morgan fingerprint density at radius 2 is 1.74 bits per heavy atom. The standard InChI is InChI=1S/C22H41N5O3.HI/c1-6-30-21(29)27-13-11-18(12-14-27)25-20(23-15-19(28)26(4)5)24-16-22(2,3)17-9-7-8-10-17;/h17-18H,6-16H2,1-5H3,(H2,23,24,25);1H. The van der Waals surface area contributed by atoms with Crippen molar-refractivity contribution in [2.45, 2.75) is 65.3 Å². The molecule has 1 saturated carbocycles. The van der Waals surface area contributed by atoms with Gasteiger partial charge in [-0.05, 0) is 43.9 Å². The third-order valence-corrected chi connectivity index (χ3v) is 6.40. The maximum atomic E-state index is 12.0. The fourth-order valence-corrected chi connectivity index (χ4v) is 4.22. The minimum Gasteiger partial charge on any atom is -0.450 e. The van der Waals surface area contributed by atoms with Crippen molar-refractivity contribution in [2.24, 2.45) is 16.3 Å². The van der Waals surface area contributed by atoms with E-state index in [1.807, 2.05) is 6.92 Å². The number of guanidine groups is 1. The van der Waals surface area contributed by atoms with Crippen molar-refractivity contribution in [3.8, 4) is 0 Å². The Balaban J connectivity index is 0.00000480. The Labute approximate surface area is 204 Å². The van der Waals surface area contributed by atoms with Gasteiger partial charge in [0.25, 0.3) is 0 Å². The first kappa shape index (κ1) is 27.8. The number of hydrogen-bond donors (Lipinski definition) is 2. The van der Waals surface area contributed by atoms with Crippen LogP contribution in [0.1, 0.15) is 59.3 Å². The number of carbonyl (C=O) groups is 2. The molecule has 2 fully saturated rings. The number of piperidine rings is 1. The quantitative estimate of drug-likeness (QED) is 0.289. The number of ether oxygens (including phenoxy) is 1. The molecule has 8 nitrogen and oxygen atoms in total. The normalized spacial score (nSPS) is 18.4. The molecule has 0 spiro atoms. The molecule has 2 amide bonds. The molecule has 1 aliphatic heterocycles. The molecule has 1 saturated heterocycles. The van der Waals surface area contributed by atoms with Gasteiger partial charge in [-0.2, -0.15) is 0 Å². The van der Waals surface area contributed by atoms with Crippen LogP contribution in [0.2, 0.25) is 0 Å². The zero-order valence-electron chi connectivity index (χ0n) is 19.9. The van der Waals surface area contributed by atoms with Crippen molar-refractivity contribution in [1.82, 2.24) is 20.4 Å². The van der Waals surface area contributed by atoms with Gasteiger partial charge in [0.1, 0.15) is 6.54 Å². The molecule has 1 aliphatic carbocycles.